The predicted molar refractivity (Wildman–Crippen MR) is 72.7 cm³/mol. The SMILES string of the molecule is O=C1CC(=O)N(Cc2cccc3ccccc23)C(=O)N1. The highest BCUT2D eigenvalue weighted by molar-refractivity contribution is 6.14. The Bertz CT molecular complexity index is 699. The lowest BCUT2D eigenvalue weighted by molar-refractivity contribution is -0.136. The molecule has 2 aromatic rings. The van der Waals surface area contributed by atoms with Crippen LogP contribution in [0, 0.1) is 0 Å². The Morgan fingerprint density at radius 3 is 2.55 bits per heavy atom. The zero-order chi connectivity index (χ0) is 14.1. The van der Waals surface area contributed by atoms with Gasteiger partial charge in [0.25, 0.3) is 0 Å². The number of carbonyl (C=O) groups is 3. The molecule has 0 aliphatic carbocycles. The molecule has 5 heteroatoms. The van der Waals surface area contributed by atoms with E-state index in [0.29, 0.717) is 0 Å². The van der Waals surface area contributed by atoms with Gasteiger partial charge in [-0.3, -0.25) is 19.8 Å². The van der Waals surface area contributed by atoms with Crippen molar-refractivity contribution in [1.29, 1.82) is 0 Å². The molecule has 0 radical (unpaired) electrons. The minimum Gasteiger partial charge on any atom is -0.277 e. The van der Waals surface area contributed by atoms with E-state index in [2.05, 4.69) is 5.32 Å². The number of urea groups is 1. The molecule has 1 aliphatic heterocycles. The fourth-order valence-electron chi connectivity index (χ4n) is 2.34. The second-order valence-corrected chi connectivity index (χ2v) is 4.65. The lowest BCUT2D eigenvalue weighted by Gasteiger charge is -2.25. The highest BCUT2D eigenvalue weighted by Gasteiger charge is 2.30. The van der Waals surface area contributed by atoms with E-state index in [1.165, 1.54) is 0 Å². The van der Waals surface area contributed by atoms with Crippen molar-refractivity contribution in [1.82, 2.24) is 10.2 Å². The van der Waals surface area contributed by atoms with Crippen LogP contribution in [0.1, 0.15) is 12.0 Å². The number of carbonyl (C=O) groups excluding carboxylic acids is 3. The summed E-state index contributed by atoms with van der Waals surface area (Å²) in [5.41, 5.74) is 0.876. The van der Waals surface area contributed by atoms with Crippen molar-refractivity contribution in [3.63, 3.8) is 0 Å². The molecule has 4 amide bonds. The maximum absolute atomic E-state index is 11.8. The van der Waals surface area contributed by atoms with Gasteiger partial charge in [-0.05, 0) is 16.3 Å². The van der Waals surface area contributed by atoms with Gasteiger partial charge >= 0.3 is 6.03 Å². The largest absolute Gasteiger partial charge is 0.331 e. The molecule has 0 bridgehead atoms. The molecule has 5 nitrogen and oxygen atoms in total. The molecule has 0 atom stereocenters. The van der Waals surface area contributed by atoms with Crippen molar-refractivity contribution in [2.24, 2.45) is 0 Å². The normalized spacial score (nSPS) is 15.6. The van der Waals surface area contributed by atoms with Crippen molar-refractivity contribution >= 4 is 28.6 Å². The van der Waals surface area contributed by atoms with Gasteiger partial charge in [-0.25, -0.2) is 4.79 Å². The summed E-state index contributed by atoms with van der Waals surface area (Å²) in [4.78, 5) is 35.7. The van der Waals surface area contributed by atoms with Crippen LogP contribution < -0.4 is 5.32 Å². The monoisotopic (exact) mass is 268 g/mol. The summed E-state index contributed by atoms with van der Waals surface area (Å²) in [5.74, 6) is -1.01. The van der Waals surface area contributed by atoms with E-state index in [0.717, 1.165) is 21.2 Å². The first-order valence-corrected chi connectivity index (χ1v) is 6.26. The summed E-state index contributed by atoms with van der Waals surface area (Å²) in [6.07, 6.45) is -0.281. The Balaban J connectivity index is 1.95. The third kappa shape index (κ3) is 2.14. The molecule has 2 aromatic carbocycles. The Labute approximate surface area is 115 Å². The highest BCUT2D eigenvalue weighted by Crippen LogP contribution is 2.20. The first-order chi connectivity index (χ1) is 9.65. The van der Waals surface area contributed by atoms with E-state index in [1.807, 2.05) is 42.5 Å². The Morgan fingerprint density at radius 2 is 1.75 bits per heavy atom. The molecule has 0 aromatic heterocycles. The molecule has 0 spiro atoms. The maximum Gasteiger partial charge on any atom is 0.331 e. The minimum absolute atomic E-state index is 0.166. The first-order valence-electron chi connectivity index (χ1n) is 6.26. The van der Waals surface area contributed by atoms with Crippen LogP contribution in [0.2, 0.25) is 0 Å². The van der Waals surface area contributed by atoms with Gasteiger partial charge in [0.05, 0.1) is 6.54 Å². The van der Waals surface area contributed by atoms with Gasteiger partial charge in [0.2, 0.25) is 11.8 Å². The fourth-order valence-corrected chi connectivity index (χ4v) is 2.34. The smallest absolute Gasteiger partial charge is 0.277 e. The van der Waals surface area contributed by atoms with Gasteiger partial charge in [-0.2, -0.15) is 0 Å². The molecule has 1 heterocycles. The van der Waals surface area contributed by atoms with Crippen LogP contribution in [0.25, 0.3) is 10.8 Å². The van der Waals surface area contributed by atoms with Gasteiger partial charge in [0.1, 0.15) is 6.42 Å². The zero-order valence-corrected chi connectivity index (χ0v) is 10.6. The molecular weight excluding hydrogens is 256 g/mol. The van der Waals surface area contributed by atoms with Crippen molar-refractivity contribution in [2.45, 2.75) is 13.0 Å². The number of hydrogen-bond donors (Lipinski definition) is 1. The average molecular weight is 268 g/mol. The fraction of sp³-hybridized carbons (Fsp3) is 0.133. The van der Waals surface area contributed by atoms with E-state index < -0.39 is 17.8 Å². The van der Waals surface area contributed by atoms with E-state index in [1.54, 1.807) is 0 Å². The van der Waals surface area contributed by atoms with Crippen molar-refractivity contribution in [2.75, 3.05) is 0 Å². The summed E-state index contributed by atoms with van der Waals surface area (Å²) >= 11 is 0. The molecule has 0 unspecified atom stereocenters. The van der Waals surface area contributed by atoms with Crippen LogP contribution in [0.3, 0.4) is 0 Å². The standard InChI is InChI=1S/C15H12N2O3/c18-13-8-14(19)17(15(20)16-13)9-11-6-3-5-10-4-1-2-7-12(10)11/h1-7H,8-9H2,(H,16,18,20). The Hall–Kier alpha value is -2.69. The lowest BCUT2D eigenvalue weighted by atomic mass is 10.0. The third-order valence-electron chi connectivity index (χ3n) is 3.31. The lowest BCUT2D eigenvalue weighted by Crippen LogP contribution is -2.52. The number of fused-ring (bicyclic) bond motifs is 1. The van der Waals surface area contributed by atoms with Crippen molar-refractivity contribution in [3.05, 3.63) is 48.0 Å². The molecule has 20 heavy (non-hydrogen) atoms. The number of barbiturate groups is 1. The van der Waals surface area contributed by atoms with Crippen LogP contribution >= 0.6 is 0 Å². The number of amides is 4. The molecule has 1 fully saturated rings. The number of rotatable bonds is 2. The van der Waals surface area contributed by atoms with Crippen LogP contribution in [0.15, 0.2) is 42.5 Å². The second-order valence-electron chi connectivity index (χ2n) is 4.65. The summed E-state index contributed by atoms with van der Waals surface area (Å²) in [5, 5.41) is 4.20. The molecule has 100 valence electrons. The highest BCUT2D eigenvalue weighted by atomic mass is 16.2. The van der Waals surface area contributed by atoms with E-state index in [-0.39, 0.29) is 13.0 Å². The summed E-state index contributed by atoms with van der Waals surface area (Å²) in [6, 6.07) is 12.8. The summed E-state index contributed by atoms with van der Waals surface area (Å²) in [6.45, 7) is 0.166. The van der Waals surface area contributed by atoms with E-state index >= 15 is 0 Å². The molecule has 1 aliphatic rings. The van der Waals surface area contributed by atoms with E-state index in [4.69, 9.17) is 0 Å². The average Bonchev–Trinajstić information content (AvgIpc) is 2.43. The molecule has 3 rings (SSSR count). The van der Waals surface area contributed by atoms with E-state index in [9.17, 15) is 14.4 Å². The Kier molecular flexibility index (Phi) is 2.95. The quantitative estimate of drug-likeness (QED) is 0.845. The topological polar surface area (TPSA) is 66.5 Å². The van der Waals surface area contributed by atoms with Gasteiger partial charge in [0, 0.05) is 0 Å². The molecule has 1 N–H and O–H groups in total. The molecular formula is C15H12N2O3. The van der Waals surface area contributed by atoms with Gasteiger partial charge < -0.3 is 0 Å². The van der Waals surface area contributed by atoms with Crippen LogP contribution in [-0.2, 0) is 16.1 Å². The van der Waals surface area contributed by atoms with Crippen LogP contribution in [0.4, 0.5) is 4.79 Å². The number of benzene rings is 2. The van der Waals surface area contributed by atoms with Gasteiger partial charge in [-0.15, -0.1) is 0 Å². The van der Waals surface area contributed by atoms with Crippen LogP contribution in [0.5, 0.6) is 0 Å². The minimum atomic E-state index is -0.654. The molecule has 0 saturated carbocycles. The predicted octanol–water partition coefficient (Wildman–Crippen LogP) is 1.81. The molecule has 1 saturated heterocycles. The number of nitrogens with zero attached hydrogens (tertiary/aromatic N) is 1. The first kappa shape index (κ1) is 12.3. The maximum atomic E-state index is 11.8. The number of hydrogen-bond acceptors (Lipinski definition) is 3. The van der Waals surface area contributed by atoms with Crippen molar-refractivity contribution < 1.29 is 14.4 Å². The summed E-state index contributed by atoms with van der Waals surface area (Å²) in [7, 11) is 0. The summed E-state index contributed by atoms with van der Waals surface area (Å²) < 4.78 is 0. The van der Waals surface area contributed by atoms with Gasteiger partial charge in [0.15, 0.2) is 0 Å². The number of imide groups is 2. The number of nitrogens with one attached hydrogen (secondary N) is 1. The zero-order valence-electron chi connectivity index (χ0n) is 10.6. The second kappa shape index (κ2) is 4.77. The van der Waals surface area contributed by atoms with Gasteiger partial charge in [-0.1, -0.05) is 42.5 Å². The van der Waals surface area contributed by atoms with Crippen LogP contribution in [-0.4, -0.2) is 22.7 Å². The van der Waals surface area contributed by atoms with Crippen molar-refractivity contribution in [3.8, 4) is 0 Å². The third-order valence-corrected chi connectivity index (χ3v) is 3.31. The Morgan fingerprint density at radius 1 is 1.00 bits per heavy atom.